The fraction of sp³-hybridized carbons (Fsp3) is 0.143. The Balaban J connectivity index is 2.13. The molecule has 2 nitrogen and oxygen atoms in total. The van der Waals surface area contributed by atoms with Crippen LogP contribution in [0.3, 0.4) is 0 Å². The Morgan fingerprint density at radius 2 is 1.88 bits per heavy atom. The number of halogens is 1. The molecule has 88 valence electrons. The van der Waals surface area contributed by atoms with Gasteiger partial charge in [-0.15, -0.1) is 0 Å². The van der Waals surface area contributed by atoms with E-state index in [-0.39, 0.29) is 0 Å². The van der Waals surface area contributed by atoms with Crippen molar-refractivity contribution in [2.45, 2.75) is 13.5 Å². The number of benzene rings is 2. The second-order valence-corrected chi connectivity index (χ2v) is 4.27. The van der Waals surface area contributed by atoms with E-state index < -0.39 is 0 Å². The topological polar surface area (TPSA) is 35.2 Å². The molecule has 2 N–H and O–H groups in total. The summed E-state index contributed by atoms with van der Waals surface area (Å²) in [4.78, 5) is 0. The van der Waals surface area contributed by atoms with Crippen molar-refractivity contribution in [3.63, 3.8) is 0 Å². The van der Waals surface area contributed by atoms with Gasteiger partial charge in [0.25, 0.3) is 0 Å². The van der Waals surface area contributed by atoms with Gasteiger partial charge in [-0.1, -0.05) is 41.9 Å². The molecule has 0 bridgehead atoms. The van der Waals surface area contributed by atoms with Crippen LogP contribution >= 0.6 is 11.6 Å². The number of nitrogens with two attached hydrogens (primary N) is 1. The molecule has 0 aliphatic carbocycles. The number of rotatable bonds is 3. The fourth-order valence-corrected chi connectivity index (χ4v) is 1.74. The molecule has 0 aliphatic rings. The zero-order valence-corrected chi connectivity index (χ0v) is 10.4. The second kappa shape index (κ2) is 5.11. The molecule has 0 amide bonds. The number of aryl methyl sites for hydroxylation is 1. The summed E-state index contributed by atoms with van der Waals surface area (Å²) in [7, 11) is 0. The number of hydrogen-bond donors (Lipinski definition) is 1. The van der Waals surface area contributed by atoms with Crippen LogP contribution in [-0.4, -0.2) is 0 Å². The van der Waals surface area contributed by atoms with Gasteiger partial charge < -0.3 is 10.5 Å². The second-order valence-electron chi connectivity index (χ2n) is 3.87. The van der Waals surface area contributed by atoms with E-state index in [9.17, 15) is 0 Å². The molecule has 0 atom stereocenters. The third-order valence-corrected chi connectivity index (χ3v) is 2.99. The minimum atomic E-state index is 0.424. The molecule has 0 fully saturated rings. The summed E-state index contributed by atoms with van der Waals surface area (Å²) in [5, 5.41) is 0.707. The Morgan fingerprint density at radius 3 is 2.65 bits per heavy atom. The highest BCUT2D eigenvalue weighted by molar-refractivity contribution is 6.31. The minimum absolute atomic E-state index is 0.424. The summed E-state index contributed by atoms with van der Waals surface area (Å²) in [6.45, 7) is 2.38. The summed E-state index contributed by atoms with van der Waals surface area (Å²) in [5.74, 6) is 0.699. The molecular weight excluding hydrogens is 234 g/mol. The molecule has 0 unspecified atom stereocenters. The average molecular weight is 248 g/mol. The van der Waals surface area contributed by atoms with Gasteiger partial charge in [0.2, 0.25) is 0 Å². The molecule has 0 aliphatic heterocycles. The van der Waals surface area contributed by atoms with Crippen molar-refractivity contribution in [2.75, 3.05) is 5.73 Å². The lowest BCUT2D eigenvalue weighted by atomic mass is 10.2. The summed E-state index contributed by atoms with van der Waals surface area (Å²) < 4.78 is 5.68. The van der Waals surface area contributed by atoms with Gasteiger partial charge in [-0.3, -0.25) is 0 Å². The lowest BCUT2D eigenvalue weighted by Gasteiger charge is -2.11. The molecule has 0 heterocycles. The highest BCUT2D eigenvalue weighted by Crippen LogP contribution is 2.26. The van der Waals surface area contributed by atoms with Crippen molar-refractivity contribution >= 4 is 17.3 Å². The lowest BCUT2D eigenvalue weighted by Crippen LogP contribution is -2.00. The van der Waals surface area contributed by atoms with Crippen molar-refractivity contribution in [1.29, 1.82) is 0 Å². The van der Waals surface area contributed by atoms with Crippen LogP contribution in [0.15, 0.2) is 42.5 Å². The molecule has 0 radical (unpaired) electrons. The Kier molecular flexibility index (Phi) is 3.55. The van der Waals surface area contributed by atoms with E-state index in [1.807, 2.05) is 49.4 Å². The zero-order valence-electron chi connectivity index (χ0n) is 9.61. The van der Waals surface area contributed by atoms with Crippen LogP contribution < -0.4 is 10.5 Å². The van der Waals surface area contributed by atoms with Crippen molar-refractivity contribution in [1.82, 2.24) is 0 Å². The highest BCUT2D eigenvalue weighted by Gasteiger charge is 2.04. The molecule has 2 aromatic carbocycles. The van der Waals surface area contributed by atoms with Gasteiger partial charge >= 0.3 is 0 Å². The summed E-state index contributed by atoms with van der Waals surface area (Å²) >= 11 is 6.05. The number of hydrogen-bond acceptors (Lipinski definition) is 2. The molecule has 2 aromatic rings. The van der Waals surface area contributed by atoms with Crippen LogP contribution in [0.25, 0.3) is 0 Å². The normalized spacial score (nSPS) is 10.2. The Bertz CT molecular complexity index is 525. The average Bonchev–Trinajstić information content (AvgIpc) is 2.33. The van der Waals surface area contributed by atoms with Crippen molar-refractivity contribution < 1.29 is 4.74 Å². The van der Waals surface area contributed by atoms with Crippen LogP contribution in [0, 0.1) is 6.92 Å². The third-order valence-electron chi connectivity index (χ3n) is 2.63. The van der Waals surface area contributed by atoms with Crippen molar-refractivity contribution in [3.05, 3.63) is 58.6 Å². The van der Waals surface area contributed by atoms with Gasteiger partial charge in [0.1, 0.15) is 12.4 Å². The molecule has 3 heteroatoms. The highest BCUT2D eigenvalue weighted by atomic mass is 35.5. The van der Waals surface area contributed by atoms with Gasteiger partial charge in [0, 0.05) is 10.6 Å². The van der Waals surface area contributed by atoms with E-state index in [2.05, 4.69) is 0 Å². The van der Waals surface area contributed by atoms with E-state index in [0.717, 1.165) is 11.1 Å². The monoisotopic (exact) mass is 247 g/mol. The minimum Gasteiger partial charge on any atom is -0.487 e. The first kappa shape index (κ1) is 11.8. The van der Waals surface area contributed by atoms with Gasteiger partial charge in [0.05, 0.1) is 5.69 Å². The number of para-hydroxylation sites is 1. The maximum absolute atomic E-state index is 6.05. The van der Waals surface area contributed by atoms with Gasteiger partial charge in [0.15, 0.2) is 0 Å². The summed E-state index contributed by atoms with van der Waals surface area (Å²) in [6.07, 6.45) is 0. The maximum atomic E-state index is 6.05. The van der Waals surface area contributed by atoms with Crippen LogP contribution in [0.1, 0.15) is 11.1 Å². The largest absolute Gasteiger partial charge is 0.487 e. The fourth-order valence-electron chi connectivity index (χ4n) is 1.55. The van der Waals surface area contributed by atoms with Crippen molar-refractivity contribution in [2.24, 2.45) is 0 Å². The van der Waals surface area contributed by atoms with E-state index in [1.165, 1.54) is 0 Å². The van der Waals surface area contributed by atoms with Crippen LogP contribution in [0.2, 0.25) is 5.02 Å². The first-order valence-corrected chi connectivity index (χ1v) is 5.77. The third kappa shape index (κ3) is 2.71. The van der Waals surface area contributed by atoms with Crippen LogP contribution in [0.4, 0.5) is 5.69 Å². The van der Waals surface area contributed by atoms with Crippen molar-refractivity contribution in [3.8, 4) is 5.75 Å². The van der Waals surface area contributed by atoms with E-state index in [4.69, 9.17) is 22.1 Å². The van der Waals surface area contributed by atoms with E-state index in [0.29, 0.717) is 23.1 Å². The summed E-state index contributed by atoms with van der Waals surface area (Å²) in [5.41, 5.74) is 8.58. The first-order valence-electron chi connectivity index (χ1n) is 5.40. The lowest BCUT2D eigenvalue weighted by molar-refractivity contribution is 0.308. The van der Waals surface area contributed by atoms with Gasteiger partial charge in [-0.25, -0.2) is 0 Å². The molecule has 0 saturated heterocycles. The van der Waals surface area contributed by atoms with Gasteiger partial charge in [-0.2, -0.15) is 0 Å². The number of nitrogen functional groups attached to an aromatic ring is 1. The Hall–Kier alpha value is -1.67. The molecule has 0 spiro atoms. The first-order chi connectivity index (χ1) is 8.18. The molecule has 17 heavy (non-hydrogen) atoms. The zero-order chi connectivity index (χ0) is 12.3. The molecule has 0 aromatic heterocycles. The molecule has 2 rings (SSSR count). The standard InChI is InChI=1S/C14H14ClNO/c1-10-5-4-8-13(14(10)16)17-9-11-6-2-3-7-12(11)15/h2-8H,9,16H2,1H3. The number of anilines is 1. The summed E-state index contributed by atoms with van der Waals surface area (Å²) in [6, 6.07) is 13.4. The Labute approximate surface area is 106 Å². The number of ether oxygens (including phenoxy) is 1. The smallest absolute Gasteiger partial charge is 0.142 e. The predicted octanol–water partition coefficient (Wildman–Crippen LogP) is 3.81. The molecule has 0 saturated carbocycles. The molecular formula is C14H14ClNO. The maximum Gasteiger partial charge on any atom is 0.142 e. The van der Waals surface area contributed by atoms with Gasteiger partial charge in [-0.05, 0) is 24.6 Å². The predicted molar refractivity (Wildman–Crippen MR) is 71.4 cm³/mol. The van der Waals surface area contributed by atoms with E-state index >= 15 is 0 Å². The van der Waals surface area contributed by atoms with Crippen LogP contribution in [0.5, 0.6) is 5.75 Å². The quantitative estimate of drug-likeness (QED) is 0.837. The van der Waals surface area contributed by atoms with E-state index in [1.54, 1.807) is 0 Å². The van der Waals surface area contributed by atoms with Crippen LogP contribution in [-0.2, 0) is 6.61 Å². The SMILES string of the molecule is Cc1cccc(OCc2ccccc2Cl)c1N. The Morgan fingerprint density at radius 1 is 1.12 bits per heavy atom.